The number of hydrogen-bond donors (Lipinski definition) is 2. The highest BCUT2D eigenvalue weighted by molar-refractivity contribution is 7.83. The summed E-state index contributed by atoms with van der Waals surface area (Å²) in [5, 5.41) is 3.36. The van der Waals surface area contributed by atoms with Crippen LogP contribution in [0.2, 0.25) is 5.02 Å². The van der Waals surface area contributed by atoms with Gasteiger partial charge in [0.05, 0.1) is 6.04 Å². The van der Waals surface area contributed by atoms with Crippen molar-refractivity contribution in [2.75, 3.05) is 24.8 Å². The van der Waals surface area contributed by atoms with Gasteiger partial charge in [0.2, 0.25) is 5.91 Å². The minimum absolute atomic E-state index is 0. The lowest BCUT2D eigenvalue weighted by Gasteiger charge is -2.26. The predicted molar refractivity (Wildman–Crippen MR) is 96.6 cm³/mol. The maximum Gasteiger partial charge on any atom is 0.241 e. The molecule has 1 aromatic carbocycles. The number of benzene rings is 1. The van der Waals surface area contributed by atoms with Crippen molar-refractivity contribution in [3.63, 3.8) is 0 Å². The van der Waals surface area contributed by atoms with E-state index in [-0.39, 0.29) is 24.2 Å². The fourth-order valence-electron chi connectivity index (χ4n) is 2.50. The summed E-state index contributed by atoms with van der Waals surface area (Å²) in [5.41, 5.74) is 7.42. The molecule has 0 bridgehead atoms. The molecular weight excluding hydrogens is 359 g/mol. The van der Waals surface area contributed by atoms with Gasteiger partial charge in [0, 0.05) is 46.7 Å². The topological polar surface area (TPSA) is 81.4 Å². The molecule has 130 valence electrons. The van der Waals surface area contributed by atoms with Gasteiger partial charge >= 0.3 is 0 Å². The average molecular weight is 381 g/mol. The number of rotatable bonds is 5. The normalized spacial score (nSPS) is 17.9. The van der Waals surface area contributed by atoms with Crippen molar-refractivity contribution in [2.24, 2.45) is 11.7 Å². The highest BCUT2D eigenvalue weighted by Crippen LogP contribution is 2.23. The van der Waals surface area contributed by atoms with Crippen LogP contribution in [0.1, 0.15) is 18.4 Å². The molecule has 2 atom stereocenters. The Kier molecular flexibility index (Phi) is 8.50. The Morgan fingerprint density at radius 1 is 1.48 bits per heavy atom. The van der Waals surface area contributed by atoms with Gasteiger partial charge in [-0.3, -0.25) is 9.00 Å². The number of halogens is 2. The highest BCUT2D eigenvalue weighted by Gasteiger charge is 2.26. The average Bonchev–Trinajstić information content (AvgIpc) is 2.50. The first kappa shape index (κ1) is 20.4. The number of amides is 1. The monoisotopic (exact) mass is 380 g/mol. The number of hydrogen-bond acceptors (Lipinski definition) is 4. The first-order chi connectivity index (χ1) is 10.5. The van der Waals surface area contributed by atoms with E-state index in [0.717, 1.165) is 18.4 Å². The van der Waals surface area contributed by atoms with E-state index in [4.69, 9.17) is 22.1 Å². The van der Waals surface area contributed by atoms with Gasteiger partial charge in [0.15, 0.2) is 0 Å². The number of nitrogens with two attached hydrogens (primary N) is 1. The first-order valence-electron chi connectivity index (χ1n) is 7.20. The summed E-state index contributed by atoms with van der Waals surface area (Å²) >= 11 is 6.08. The molecule has 0 aromatic heterocycles. The Bertz CT molecular complexity index is 566. The Morgan fingerprint density at radius 2 is 2.13 bits per heavy atom. The summed E-state index contributed by atoms with van der Waals surface area (Å²) in [6, 6.07) is 4.61. The largest absolute Gasteiger partial charge is 0.381 e. The molecule has 8 heteroatoms. The van der Waals surface area contributed by atoms with Crippen molar-refractivity contribution in [3.05, 3.63) is 28.8 Å². The van der Waals surface area contributed by atoms with Crippen LogP contribution in [0.4, 0.5) is 5.69 Å². The molecule has 0 aliphatic carbocycles. The van der Waals surface area contributed by atoms with Crippen LogP contribution in [0.25, 0.3) is 0 Å². The minimum Gasteiger partial charge on any atom is -0.381 e. The number of carbonyl (C=O) groups excluding carboxylic acids is 1. The lowest BCUT2D eigenvalue weighted by Crippen LogP contribution is -2.44. The maximum atomic E-state index is 12.3. The van der Waals surface area contributed by atoms with Crippen LogP contribution in [0, 0.1) is 5.92 Å². The molecule has 5 nitrogen and oxygen atoms in total. The van der Waals surface area contributed by atoms with Crippen molar-refractivity contribution < 1.29 is 13.7 Å². The third kappa shape index (κ3) is 6.04. The second-order valence-electron chi connectivity index (χ2n) is 5.49. The zero-order valence-electron chi connectivity index (χ0n) is 12.9. The molecule has 1 amide bonds. The Labute approximate surface area is 150 Å². The van der Waals surface area contributed by atoms with Crippen LogP contribution < -0.4 is 11.1 Å². The molecule has 23 heavy (non-hydrogen) atoms. The Hall–Kier alpha value is -0.660. The van der Waals surface area contributed by atoms with Crippen molar-refractivity contribution in [1.29, 1.82) is 0 Å². The van der Waals surface area contributed by atoms with Gasteiger partial charge in [0.25, 0.3) is 0 Å². The number of carbonyl (C=O) groups is 1. The standard InChI is InChI=1S/C15H21ClN2O3S.ClH/c1-22(20)9-11-8-12(2-3-13(11)16)18-15(19)14(17)10-4-6-21-7-5-10;/h2-3,8,10,14H,4-7,9,17H2,1H3,(H,18,19);1H. The van der Waals surface area contributed by atoms with Gasteiger partial charge in [-0.25, -0.2) is 0 Å². The molecule has 0 radical (unpaired) electrons. The zero-order chi connectivity index (χ0) is 16.1. The summed E-state index contributed by atoms with van der Waals surface area (Å²) in [7, 11) is -0.996. The lowest BCUT2D eigenvalue weighted by molar-refractivity contribution is -0.119. The van der Waals surface area contributed by atoms with Crippen molar-refractivity contribution >= 4 is 46.4 Å². The van der Waals surface area contributed by atoms with Gasteiger partial charge in [-0.2, -0.15) is 0 Å². The van der Waals surface area contributed by atoms with E-state index in [2.05, 4.69) is 5.32 Å². The van der Waals surface area contributed by atoms with Gasteiger partial charge in [-0.1, -0.05) is 11.6 Å². The summed E-state index contributed by atoms with van der Waals surface area (Å²) in [6.07, 6.45) is 3.22. The van der Waals surface area contributed by atoms with Gasteiger partial charge in [-0.05, 0) is 42.5 Å². The zero-order valence-corrected chi connectivity index (χ0v) is 15.3. The van der Waals surface area contributed by atoms with Crippen molar-refractivity contribution in [2.45, 2.75) is 24.6 Å². The smallest absolute Gasteiger partial charge is 0.241 e. The molecule has 3 N–H and O–H groups in total. The van der Waals surface area contributed by atoms with Crippen molar-refractivity contribution in [3.8, 4) is 0 Å². The fraction of sp³-hybridized carbons (Fsp3) is 0.533. The van der Waals surface area contributed by atoms with Crippen molar-refractivity contribution in [1.82, 2.24) is 0 Å². The molecule has 0 saturated carbocycles. The second kappa shape index (κ2) is 9.59. The summed E-state index contributed by atoms with van der Waals surface area (Å²) < 4.78 is 16.6. The van der Waals surface area contributed by atoms with Crippen LogP contribution in [-0.4, -0.2) is 35.6 Å². The molecule has 1 heterocycles. The molecule has 2 rings (SSSR count). The highest BCUT2D eigenvalue weighted by atomic mass is 35.5. The molecule has 1 aliphatic heterocycles. The van der Waals surface area contributed by atoms with Crippen LogP contribution in [0.3, 0.4) is 0 Å². The van der Waals surface area contributed by atoms with E-state index in [1.165, 1.54) is 0 Å². The van der Waals surface area contributed by atoms with Crippen LogP contribution in [0.15, 0.2) is 18.2 Å². The SMILES string of the molecule is CS(=O)Cc1cc(NC(=O)C(N)C2CCOCC2)ccc1Cl.Cl. The number of nitrogens with one attached hydrogen (secondary N) is 1. The van der Waals surface area contributed by atoms with Gasteiger partial charge in [0.1, 0.15) is 0 Å². The lowest BCUT2D eigenvalue weighted by atomic mass is 9.92. The molecule has 0 spiro atoms. The van der Waals surface area contributed by atoms with E-state index in [1.54, 1.807) is 24.5 Å². The molecule has 2 unspecified atom stereocenters. The molecule has 1 aliphatic rings. The quantitative estimate of drug-likeness (QED) is 0.820. The second-order valence-corrected chi connectivity index (χ2v) is 7.33. The fourth-order valence-corrected chi connectivity index (χ4v) is 3.44. The van der Waals surface area contributed by atoms with E-state index in [0.29, 0.717) is 29.7 Å². The van der Waals surface area contributed by atoms with Crippen LogP contribution in [-0.2, 0) is 26.1 Å². The van der Waals surface area contributed by atoms with Crippen LogP contribution >= 0.6 is 24.0 Å². The number of anilines is 1. The first-order valence-corrected chi connectivity index (χ1v) is 9.30. The number of ether oxygens (including phenoxy) is 1. The van der Waals surface area contributed by atoms with E-state index < -0.39 is 16.8 Å². The molecule has 1 saturated heterocycles. The third-order valence-electron chi connectivity index (χ3n) is 3.75. The van der Waals surface area contributed by atoms with E-state index in [9.17, 15) is 9.00 Å². The van der Waals surface area contributed by atoms with E-state index in [1.807, 2.05) is 0 Å². The Balaban J connectivity index is 0.00000264. The minimum atomic E-state index is -0.996. The summed E-state index contributed by atoms with van der Waals surface area (Å²) in [5.74, 6) is 0.288. The predicted octanol–water partition coefficient (Wildman–Crippen LogP) is 2.33. The van der Waals surface area contributed by atoms with Gasteiger partial charge < -0.3 is 15.8 Å². The molecule has 1 fully saturated rings. The summed E-state index contributed by atoms with van der Waals surface area (Å²) in [4.78, 5) is 12.3. The Morgan fingerprint density at radius 3 is 2.74 bits per heavy atom. The maximum absolute atomic E-state index is 12.3. The molecule has 1 aromatic rings. The van der Waals surface area contributed by atoms with Gasteiger partial charge in [-0.15, -0.1) is 12.4 Å². The third-order valence-corrected chi connectivity index (χ3v) is 4.83. The van der Waals surface area contributed by atoms with E-state index >= 15 is 0 Å². The molecular formula is C15H22Cl2N2O3S. The van der Waals surface area contributed by atoms with Crippen LogP contribution in [0.5, 0.6) is 0 Å². The summed E-state index contributed by atoms with van der Waals surface area (Å²) in [6.45, 7) is 1.30.